The molecule has 0 heterocycles. The smallest absolute Gasteiger partial charge is 0.272 e. The molecule has 0 spiro atoms. The van der Waals surface area contributed by atoms with E-state index in [9.17, 15) is 9.59 Å². The van der Waals surface area contributed by atoms with Crippen LogP contribution in [0.25, 0.3) is 0 Å². The second-order valence-corrected chi connectivity index (χ2v) is 9.50. The van der Waals surface area contributed by atoms with Crippen LogP contribution in [0.1, 0.15) is 92.3 Å². The monoisotopic (exact) mass is 454 g/mol. The van der Waals surface area contributed by atoms with E-state index in [0.717, 1.165) is 29.5 Å². The van der Waals surface area contributed by atoms with E-state index in [0.29, 0.717) is 23.3 Å². The van der Waals surface area contributed by atoms with Crippen molar-refractivity contribution in [3.63, 3.8) is 0 Å². The quantitative estimate of drug-likeness (QED) is 0.485. The molecule has 2 aromatic rings. The molecule has 2 amide bonds. The lowest BCUT2D eigenvalue weighted by Crippen LogP contribution is -2.56. The Morgan fingerprint density at radius 3 is 2.15 bits per heavy atom. The normalized spacial score (nSPS) is 11.9. The molecule has 1 N–H and O–H groups in total. The second-order valence-electron chi connectivity index (χ2n) is 9.50. The molecule has 5 heteroatoms. The highest BCUT2D eigenvalue weighted by atomic mass is 16.5. The van der Waals surface area contributed by atoms with Gasteiger partial charge in [-0.25, -0.2) is 5.01 Å². The van der Waals surface area contributed by atoms with Crippen molar-refractivity contribution in [2.24, 2.45) is 5.41 Å². The van der Waals surface area contributed by atoms with Gasteiger partial charge in [0.05, 0.1) is 13.2 Å². The number of carbonyl (C=O) groups excluding carboxylic acids is 2. The molecule has 0 aromatic heterocycles. The lowest BCUT2D eigenvalue weighted by molar-refractivity contribution is 0.0270. The van der Waals surface area contributed by atoms with Crippen LogP contribution < -0.4 is 10.2 Å². The molecule has 0 radical (unpaired) electrons. The first-order chi connectivity index (χ1) is 15.0. The third-order valence-corrected chi connectivity index (χ3v) is 5.73. The molecule has 0 fully saturated rings. The van der Waals surface area contributed by atoms with Gasteiger partial charge in [0.25, 0.3) is 11.8 Å². The number of nitrogens with zero attached hydrogens (tertiary/aromatic N) is 1. The fourth-order valence-corrected chi connectivity index (χ4v) is 4.23. The van der Waals surface area contributed by atoms with Gasteiger partial charge in [-0.05, 0) is 56.4 Å². The van der Waals surface area contributed by atoms with Crippen LogP contribution in [0.15, 0.2) is 36.4 Å². The van der Waals surface area contributed by atoms with Gasteiger partial charge in [-0.1, -0.05) is 71.7 Å². The first-order valence-corrected chi connectivity index (χ1v) is 11.4. The van der Waals surface area contributed by atoms with Gasteiger partial charge in [0.2, 0.25) is 0 Å². The first-order valence-electron chi connectivity index (χ1n) is 11.4. The summed E-state index contributed by atoms with van der Waals surface area (Å²) in [5, 5.41) is 1.55. The van der Waals surface area contributed by atoms with Crippen molar-refractivity contribution >= 4 is 11.8 Å². The van der Waals surface area contributed by atoms with Crippen molar-refractivity contribution < 1.29 is 14.3 Å². The van der Waals surface area contributed by atoms with Crippen LogP contribution >= 0.6 is 0 Å². The molecule has 33 heavy (non-hydrogen) atoms. The molecule has 1 atom stereocenters. The number of rotatable bonds is 7. The highest BCUT2D eigenvalue weighted by molar-refractivity contribution is 6.00. The molecule has 0 bridgehead atoms. The summed E-state index contributed by atoms with van der Waals surface area (Å²) in [6.45, 7) is 14.3. The van der Waals surface area contributed by atoms with Gasteiger partial charge < -0.3 is 4.74 Å². The molecule has 2 aromatic carbocycles. The summed E-state index contributed by atoms with van der Waals surface area (Å²) in [4.78, 5) is 27.2. The van der Waals surface area contributed by atoms with E-state index in [1.54, 1.807) is 24.3 Å². The molecular formula is C28H42N2O3. The lowest BCUT2D eigenvalue weighted by Gasteiger charge is -2.40. The van der Waals surface area contributed by atoms with Crippen LogP contribution in [0.2, 0.25) is 0 Å². The van der Waals surface area contributed by atoms with Gasteiger partial charge in [-0.3, -0.25) is 15.0 Å². The maximum Gasteiger partial charge on any atom is 0.272 e. The predicted octanol–water partition coefficient (Wildman–Crippen LogP) is 6.51. The number of hydrazine groups is 1. The van der Waals surface area contributed by atoms with Crippen LogP contribution in [-0.2, 0) is 6.42 Å². The third-order valence-electron chi connectivity index (χ3n) is 5.73. The fourth-order valence-electron chi connectivity index (χ4n) is 4.23. The molecule has 0 aliphatic rings. The summed E-state index contributed by atoms with van der Waals surface area (Å²) in [7, 11) is 1.60. The minimum Gasteiger partial charge on any atom is -0.496 e. The van der Waals surface area contributed by atoms with Crippen molar-refractivity contribution in [3.05, 3.63) is 64.2 Å². The molecule has 182 valence electrons. The van der Waals surface area contributed by atoms with Gasteiger partial charge in [0.1, 0.15) is 5.75 Å². The number of benzene rings is 2. The molecule has 0 aliphatic carbocycles. The van der Waals surface area contributed by atoms with Gasteiger partial charge >= 0.3 is 0 Å². The van der Waals surface area contributed by atoms with Crippen molar-refractivity contribution in [2.75, 3.05) is 7.11 Å². The standard InChI is InChI=1S/C27H38N2O3.CH4/c1-9-12-24(27(5,6)7)29(26(31)20-16-18(3)15-19(4)17-20)28-25(30)22-13-11-14-23(32-8)21(22)10-2;/h11,13-17,24H,9-10,12H2,1-8H3,(H,28,30);1H4/t24-;/m1./s1. The van der Waals surface area contributed by atoms with E-state index in [-0.39, 0.29) is 30.7 Å². The molecule has 0 saturated carbocycles. The summed E-state index contributed by atoms with van der Waals surface area (Å²) in [5.74, 6) is 0.177. The number of carbonyl (C=O) groups is 2. The second kappa shape index (κ2) is 11.9. The van der Waals surface area contributed by atoms with Gasteiger partial charge in [0.15, 0.2) is 0 Å². The van der Waals surface area contributed by atoms with Crippen molar-refractivity contribution in [3.8, 4) is 5.75 Å². The number of hydrogen-bond donors (Lipinski definition) is 1. The van der Waals surface area contributed by atoms with Crippen LogP contribution in [0.4, 0.5) is 0 Å². The molecule has 5 nitrogen and oxygen atoms in total. The Morgan fingerprint density at radius 1 is 1.06 bits per heavy atom. The number of aryl methyl sites for hydroxylation is 2. The third kappa shape index (κ3) is 6.83. The van der Waals surface area contributed by atoms with E-state index in [2.05, 4.69) is 33.1 Å². The number of nitrogens with one attached hydrogen (secondary N) is 1. The van der Waals surface area contributed by atoms with Crippen molar-refractivity contribution in [1.29, 1.82) is 0 Å². The van der Waals surface area contributed by atoms with Crippen molar-refractivity contribution in [1.82, 2.24) is 10.4 Å². The minimum atomic E-state index is -0.302. The average molecular weight is 455 g/mol. The van der Waals surface area contributed by atoms with Crippen molar-refractivity contribution in [2.45, 2.75) is 81.2 Å². The fraction of sp³-hybridized carbons (Fsp3) is 0.500. The summed E-state index contributed by atoms with van der Waals surface area (Å²) < 4.78 is 5.45. The van der Waals surface area contributed by atoms with E-state index < -0.39 is 0 Å². The van der Waals surface area contributed by atoms with Crippen LogP contribution in [0, 0.1) is 19.3 Å². The Balaban J connectivity index is 0.00000544. The Kier molecular flexibility index (Phi) is 10.1. The van der Waals surface area contributed by atoms with E-state index >= 15 is 0 Å². The molecular weight excluding hydrogens is 412 g/mol. The molecule has 0 unspecified atom stereocenters. The zero-order valence-corrected chi connectivity index (χ0v) is 20.8. The topological polar surface area (TPSA) is 58.6 Å². The van der Waals surface area contributed by atoms with Gasteiger partial charge in [-0.2, -0.15) is 0 Å². The summed E-state index contributed by atoms with van der Waals surface area (Å²) >= 11 is 0. The number of methoxy groups -OCH3 is 1. The largest absolute Gasteiger partial charge is 0.496 e. The van der Waals surface area contributed by atoms with Crippen LogP contribution in [0.5, 0.6) is 5.75 Å². The Hall–Kier alpha value is -2.82. The molecule has 0 saturated heterocycles. The van der Waals surface area contributed by atoms with E-state index in [1.165, 1.54) is 0 Å². The zero-order valence-electron chi connectivity index (χ0n) is 20.8. The first kappa shape index (κ1) is 28.2. The molecule has 0 aliphatic heterocycles. The summed E-state index contributed by atoms with van der Waals surface area (Å²) in [6, 6.07) is 11.1. The summed E-state index contributed by atoms with van der Waals surface area (Å²) in [5.41, 5.74) is 6.72. The highest BCUT2D eigenvalue weighted by Gasteiger charge is 2.35. The van der Waals surface area contributed by atoms with E-state index in [4.69, 9.17) is 4.74 Å². The van der Waals surface area contributed by atoms with Gasteiger partial charge in [0, 0.05) is 16.7 Å². The maximum atomic E-state index is 13.7. The van der Waals surface area contributed by atoms with Crippen LogP contribution in [0.3, 0.4) is 0 Å². The van der Waals surface area contributed by atoms with E-state index in [1.807, 2.05) is 45.0 Å². The average Bonchev–Trinajstić information content (AvgIpc) is 2.73. The minimum absolute atomic E-state index is 0. The number of amides is 2. The Morgan fingerprint density at radius 2 is 1.67 bits per heavy atom. The van der Waals surface area contributed by atoms with Gasteiger partial charge in [-0.15, -0.1) is 0 Å². The number of hydrogen-bond acceptors (Lipinski definition) is 3. The maximum absolute atomic E-state index is 13.7. The highest BCUT2D eigenvalue weighted by Crippen LogP contribution is 2.29. The summed E-state index contributed by atoms with van der Waals surface area (Å²) in [6.07, 6.45) is 2.32. The Bertz CT molecular complexity index is 940. The lowest BCUT2D eigenvalue weighted by atomic mass is 9.83. The zero-order chi connectivity index (χ0) is 24.1. The Labute approximate surface area is 200 Å². The number of ether oxygens (including phenoxy) is 1. The predicted molar refractivity (Wildman–Crippen MR) is 137 cm³/mol. The van der Waals surface area contributed by atoms with Crippen LogP contribution in [-0.4, -0.2) is 30.0 Å². The molecule has 2 rings (SSSR count). The SMILES string of the molecule is C.CCC[C@@H](N(NC(=O)c1cccc(OC)c1CC)C(=O)c1cc(C)cc(C)c1)C(C)(C)C.